The van der Waals surface area contributed by atoms with Crippen LogP contribution >= 0.6 is 15.9 Å². The Morgan fingerprint density at radius 1 is 1.44 bits per heavy atom. The first-order valence-electron chi connectivity index (χ1n) is 4.87. The SMILES string of the molecule is O=C(O)C(O)C1(c2cc(O)ccc2Br)CC1. The summed E-state index contributed by atoms with van der Waals surface area (Å²) in [4.78, 5) is 10.8. The summed E-state index contributed by atoms with van der Waals surface area (Å²) in [5.41, 5.74) is -0.0916. The summed E-state index contributed by atoms with van der Waals surface area (Å²) >= 11 is 3.31. The van der Waals surface area contributed by atoms with E-state index in [1.807, 2.05) is 0 Å². The van der Waals surface area contributed by atoms with Gasteiger partial charge in [0.25, 0.3) is 0 Å². The summed E-state index contributed by atoms with van der Waals surface area (Å²) in [6, 6.07) is 4.67. The minimum absolute atomic E-state index is 0.0714. The van der Waals surface area contributed by atoms with Gasteiger partial charge in [0.2, 0.25) is 0 Å². The molecule has 1 saturated carbocycles. The maximum absolute atomic E-state index is 10.8. The van der Waals surface area contributed by atoms with Crippen LogP contribution in [-0.4, -0.2) is 27.4 Å². The van der Waals surface area contributed by atoms with E-state index in [9.17, 15) is 15.0 Å². The molecule has 1 aliphatic rings. The molecule has 1 atom stereocenters. The monoisotopic (exact) mass is 286 g/mol. The number of carbonyl (C=O) groups is 1. The van der Waals surface area contributed by atoms with Crippen LogP contribution in [0.2, 0.25) is 0 Å². The maximum Gasteiger partial charge on any atom is 0.333 e. The van der Waals surface area contributed by atoms with Crippen molar-refractivity contribution in [3.8, 4) is 5.75 Å². The lowest BCUT2D eigenvalue weighted by Crippen LogP contribution is -2.34. The van der Waals surface area contributed by atoms with Crippen molar-refractivity contribution in [3.63, 3.8) is 0 Å². The third kappa shape index (κ3) is 1.70. The molecule has 0 saturated heterocycles. The zero-order valence-electron chi connectivity index (χ0n) is 8.35. The van der Waals surface area contributed by atoms with Crippen LogP contribution in [0, 0.1) is 0 Å². The second-order valence-electron chi connectivity index (χ2n) is 4.06. The molecule has 1 aromatic carbocycles. The van der Waals surface area contributed by atoms with Crippen molar-refractivity contribution in [3.05, 3.63) is 28.2 Å². The molecule has 1 fully saturated rings. The summed E-state index contributed by atoms with van der Waals surface area (Å²) in [7, 11) is 0. The first-order chi connectivity index (χ1) is 7.47. The van der Waals surface area contributed by atoms with Crippen LogP contribution in [-0.2, 0) is 10.2 Å². The smallest absolute Gasteiger partial charge is 0.333 e. The molecule has 0 spiro atoms. The van der Waals surface area contributed by atoms with Gasteiger partial charge in [-0.25, -0.2) is 4.79 Å². The van der Waals surface area contributed by atoms with Crippen LogP contribution in [0.5, 0.6) is 5.75 Å². The largest absolute Gasteiger partial charge is 0.508 e. The van der Waals surface area contributed by atoms with E-state index in [1.54, 1.807) is 6.07 Å². The molecule has 1 aromatic rings. The fourth-order valence-electron chi connectivity index (χ4n) is 1.96. The molecular weight excluding hydrogens is 276 g/mol. The average molecular weight is 287 g/mol. The lowest BCUT2D eigenvalue weighted by atomic mass is 9.90. The van der Waals surface area contributed by atoms with Crippen LogP contribution < -0.4 is 0 Å². The number of phenols is 1. The number of aliphatic hydroxyl groups is 1. The topological polar surface area (TPSA) is 77.8 Å². The molecule has 0 amide bonds. The van der Waals surface area contributed by atoms with E-state index in [0.29, 0.717) is 22.9 Å². The van der Waals surface area contributed by atoms with Crippen molar-refractivity contribution in [2.24, 2.45) is 0 Å². The Bertz CT molecular complexity index is 440. The van der Waals surface area contributed by atoms with Gasteiger partial charge in [0, 0.05) is 9.89 Å². The highest BCUT2D eigenvalue weighted by molar-refractivity contribution is 9.10. The van der Waals surface area contributed by atoms with Gasteiger partial charge in [-0.3, -0.25) is 0 Å². The molecule has 86 valence electrons. The summed E-state index contributed by atoms with van der Waals surface area (Å²) in [6.45, 7) is 0. The summed E-state index contributed by atoms with van der Waals surface area (Å²) < 4.78 is 0.711. The van der Waals surface area contributed by atoms with Crippen molar-refractivity contribution in [2.75, 3.05) is 0 Å². The predicted molar refractivity (Wildman–Crippen MR) is 60.4 cm³/mol. The van der Waals surface area contributed by atoms with E-state index in [1.165, 1.54) is 12.1 Å². The molecule has 1 unspecified atom stereocenters. The van der Waals surface area contributed by atoms with Gasteiger partial charge in [0.1, 0.15) is 5.75 Å². The lowest BCUT2D eigenvalue weighted by Gasteiger charge is -2.20. The Morgan fingerprint density at radius 3 is 2.56 bits per heavy atom. The Balaban J connectivity index is 2.44. The Kier molecular flexibility index (Phi) is 2.67. The Hall–Kier alpha value is -1.07. The summed E-state index contributed by atoms with van der Waals surface area (Å²) in [6.07, 6.45) is -0.198. The molecular formula is C11H11BrO4. The molecule has 0 bridgehead atoms. The number of hydrogen-bond donors (Lipinski definition) is 3. The lowest BCUT2D eigenvalue weighted by molar-refractivity contribution is -0.148. The Labute approximate surface area is 101 Å². The van der Waals surface area contributed by atoms with E-state index in [-0.39, 0.29) is 5.75 Å². The number of rotatable bonds is 3. The van der Waals surface area contributed by atoms with E-state index in [2.05, 4.69) is 15.9 Å². The summed E-state index contributed by atoms with van der Waals surface area (Å²) in [5, 5.41) is 27.9. The third-order valence-electron chi connectivity index (χ3n) is 3.03. The molecule has 0 aliphatic heterocycles. The molecule has 0 heterocycles. The highest BCUT2D eigenvalue weighted by Crippen LogP contribution is 2.53. The first kappa shape index (κ1) is 11.4. The van der Waals surface area contributed by atoms with Crippen LogP contribution in [0.3, 0.4) is 0 Å². The molecule has 2 rings (SSSR count). The van der Waals surface area contributed by atoms with Gasteiger partial charge in [0.05, 0.1) is 0 Å². The van der Waals surface area contributed by atoms with E-state index >= 15 is 0 Å². The quantitative estimate of drug-likeness (QED) is 0.789. The van der Waals surface area contributed by atoms with Gasteiger partial charge < -0.3 is 15.3 Å². The van der Waals surface area contributed by atoms with Crippen molar-refractivity contribution >= 4 is 21.9 Å². The fourth-order valence-corrected chi connectivity index (χ4v) is 2.60. The number of phenolic OH excluding ortho intramolecular Hbond substituents is 1. The first-order valence-corrected chi connectivity index (χ1v) is 5.66. The Morgan fingerprint density at radius 2 is 2.06 bits per heavy atom. The van der Waals surface area contributed by atoms with Gasteiger partial charge in [0.15, 0.2) is 6.10 Å². The van der Waals surface area contributed by atoms with Gasteiger partial charge in [-0.2, -0.15) is 0 Å². The van der Waals surface area contributed by atoms with Crippen LogP contribution in [0.15, 0.2) is 22.7 Å². The predicted octanol–water partition coefficient (Wildman–Crippen LogP) is 1.63. The van der Waals surface area contributed by atoms with Crippen molar-refractivity contribution in [2.45, 2.75) is 24.4 Å². The van der Waals surface area contributed by atoms with Crippen molar-refractivity contribution < 1.29 is 20.1 Å². The number of carboxylic acid groups (broad SMARTS) is 1. The molecule has 0 radical (unpaired) electrons. The van der Waals surface area contributed by atoms with Crippen molar-refractivity contribution in [1.29, 1.82) is 0 Å². The average Bonchev–Trinajstić information content (AvgIpc) is 3.01. The second kappa shape index (κ2) is 3.75. The molecule has 4 nitrogen and oxygen atoms in total. The number of halogens is 1. The number of carboxylic acids is 1. The molecule has 16 heavy (non-hydrogen) atoms. The fraction of sp³-hybridized carbons (Fsp3) is 0.364. The highest BCUT2D eigenvalue weighted by atomic mass is 79.9. The minimum Gasteiger partial charge on any atom is -0.508 e. The van der Waals surface area contributed by atoms with Crippen LogP contribution in [0.4, 0.5) is 0 Å². The van der Waals surface area contributed by atoms with Crippen molar-refractivity contribution in [1.82, 2.24) is 0 Å². The zero-order chi connectivity index (χ0) is 11.9. The molecule has 3 N–H and O–H groups in total. The number of benzene rings is 1. The van der Waals surface area contributed by atoms with Crippen LogP contribution in [0.1, 0.15) is 18.4 Å². The number of aliphatic carboxylic acids is 1. The molecule has 0 aromatic heterocycles. The van der Waals surface area contributed by atoms with Crippen LogP contribution in [0.25, 0.3) is 0 Å². The zero-order valence-corrected chi connectivity index (χ0v) is 9.94. The van der Waals surface area contributed by atoms with E-state index in [0.717, 1.165) is 0 Å². The normalized spacial score (nSPS) is 19.1. The third-order valence-corrected chi connectivity index (χ3v) is 3.72. The van der Waals surface area contributed by atoms with Gasteiger partial charge >= 0.3 is 5.97 Å². The molecule has 1 aliphatic carbocycles. The minimum atomic E-state index is -1.43. The van der Waals surface area contributed by atoms with Gasteiger partial charge in [-0.1, -0.05) is 15.9 Å². The van der Waals surface area contributed by atoms with Gasteiger partial charge in [-0.15, -0.1) is 0 Å². The number of aromatic hydroxyl groups is 1. The highest BCUT2D eigenvalue weighted by Gasteiger charge is 2.54. The second-order valence-corrected chi connectivity index (χ2v) is 4.92. The standard InChI is InChI=1S/C11H11BrO4/c12-8-2-1-6(13)5-7(8)11(3-4-11)9(14)10(15)16/h1-2,5,9,13-14H,3-4H2,(H,15,16). The number of hydrogen-bond acceptors (Lipinski definition) is 3. The van der Waals surface area contributed by atoms with E-state index in [4.69, 9.17) is 5.11 Å². The maximum atomic E-state index is 10.8. The van der Waals surface area contributed by atoms with Gasteiger partial charge in [-0.05, 0) is 36.6 Å². The number of aliphatic hydroxyl groups excluding tert-OH is 1. The summed E-state index contributed by atoms with van der Waals surface area (Å²) in [5.74, 6) is -1.16. The molecule has 5 heteroatoms. The van der Waals surface area contributed by atoms with E-state index < -0.39 is 17.5 Å².